The summed E-state index contributed by atoms with van der Waals surface area (Å²) in [6.07, 6.45) is 1.25. The molecule has 0 radical (unpaired) electrons. The van der Waals surface area contributed by atoms with Crippen molar-refractivity contribution in [3.63, 3.8) is 0 Å². The van der Waals surface area contributed by atoms with Crippen LogP contribution in [0.2, 0.25) is 0 Å². The van der Waals surface area contributed by atoms with Crippen LogP contribution in [-0.2, 0) is 14.3 Å². The molecule has 8 heteroatoms. The molecule has 1 aromatic heterocycles. The average molecular weight is 376 g/mol. The predicted octanol–water partition coefficient (Wildman–Crippen LogP) is 2.12. The van der Waals surface area contributed by atoms with Crippen molar-refractivity contribution in [2.75, 3.05) is 38.3 Å². The average Bonchev–Trinajstić information content (AvgIpc) is 3.03. The maximum Gasteiger partial charge on any atom is 0.415 e. The molecule has 2 fully saturated rings. The first-order valence-electron chi connectivity index (χ1n) is 9.49. The third-order valence-corrected chi connectivity index (χ3v) is 5.26. The fourth-order valence-corrected chi connectivity index (χ4v) is 3.67. The largest absolute Gasteiger partial charge is 0.447 e. The van der Waals surface area contributed by atoms with Crippen molar-refractivity contribution >= 4 is 17.8 Å². The fraction of sp³-hybridized carbons (Fsp3) is 0.684. The molecule has 0 aromatic carbocycles. The number of methoxy groups -OCH3 is 1. The number of nitrogens with zero attached hydrogens (tertiary/aromatic N) is 4. The molecule has 8 nitrogen and oxygen atoms in total. The van der Waals surface area contributed by atoms with Crippen molar-refractivity contribution in [1.29, 1.82) is 0 Å². The van der Waals surface area contributed by atoms with Gasteiger partial charge in [0.25, 0.3) is 0 Å². The van der Waals surface area contributed by atoms with Gasteiger partial charge in [-0.2, -0.15) is 0 Å². The molecule has 2 aliphatic rings. The molecule has 2 aliphatic heterocycles. The highest BCUT2D eigenvalue weighted by atomic mass is 16.6. The number of likely N-dealkylation sites (tertiary alicyclic amines) is 1. The van der Waals surface area contributed by atoms with Gasteiger partial charge in [-0.05, 0) is 25.7 Å². The van der Waals surface area contributed by atoms with Gasteiger partial charge in [-0.25, -0.2) is 14.8 Å². The number of aryl methyl sites for hydroxylation is 1. The van der Waals surface area contributed by atoms with Crippen LogP contribution >= 0.6 is 0 Å². The Morgan fingerprint density at radius 3 is 2.67 bits per heavy atom. The van der Waals surface area contributed by atoms with Crippen molar-refractivity contribution < 1.29 is 19.1 Å². The van der Waals surface area contributed by atoms with Crippen molar-refractivity contribution in [3.05, 3.63) is 17.6 Å². The van der Waals surface area contributed by atoms with Gasteiger partial charge in [0.2, 0.25) is 5.91 Å². The number of anilines is 1. The number of carbonyl (C=O) groups excluding carboxylic acids is 2. The minimum absolute atomic E-state index is 0.0152. The summed E-state index contributed by atoms with van der Waals surface area (Å²) in [7, 11) is 1.53. The number of rotatable bonds is 5. The minimum Gasteiger partial charge on any atom is -0.447 e. The quantitative estimate of drug-likeness (QED) is 0.783. The third-order valence-electron chi connectivity index (χ3n) is 5.26. The molecule has 0 N–H and O–H groups in total. The first-order valence-corrected chi connectivity index (χ1v) is 9.49. The highest BCUT2D eigenvalue weighted by Crippen LogP contribution is 2.30. The second-order valence-corrected chi connectivity index (χ2v) is 7.57. The monoisotopic (exact) mass is 376 g/mol. The molecule has 2 amide bonds. The Hall–Kier alpha value is -2.22. The molecular weight excluding hydrogens is 348 g/mol. The Bertz CT molecular complexity index is 701. The van der Waals surface area contributed by atoms with Gasteiger partial charge < -0.3 is 14.4 Å². The zero-order valence-electron chi connectivity index (χ0n) is 16.5. The van der Waals surface area contributed by atoms with E-state index in [-0.39, 0.29) is 36.5 Å². The van der Waals surface area contributed by atoms with E-state index in [1.165, 1.54) is 7.11 Å². The summed E-state index contributed by atoms with van der Waals surface area (Å²) in [6.45, 7) is 7.89. The Labute approximate surface area is 159 Å². The standard InChI is InChI=1S/C19H28N4O4/c1-12(2)15-10-27-19(25)23(15)16-9-13(3)20-18(21-16)14-5-7-22(8-6-14)17(24)11-26-4/h9,12,14-15H,5-8,10-11H2,1-4H3/t15-/m0/s1. The SMILES string of the molecule is COCC(=O)N1CCC(c2nc(C)cc(N3C(=O)OC[C@H]3C(C)C)n2)CC1. The topological polar surface area (TPSA) is 84.9 Å². The van der Waals surface area contributed by atoms with E-state index in [4.69, 9.17) is 14.5 Å². The highest BCUT2D eigenvalue weighted by Gasteiger charge is 2.37. The molecule has 0 spiro atoms. The van der Waals surface area contributed by atoms with E-state index < -0.39 is 0 Å². The van der Waals surface area contributed by atoms with Crippen molar-refractivity contribution in [1.82, 2.24) is 14.9 Å². The maximum atomic E-state index is 12.3. The molecule has 27 heavy (non-hydrogen) atoms. The molecule has 1 aromatic rings. The smallest absolute Gasteiger partial charge is 0.415 e. The second-order valence-electron chi connectivity index (χ2n) is 7.57. The molecule has 2 saturated heterocycles. The fourth-order valence-electron chi connectivity index (χ4n) is 3.67. The number of carbonyl (C=O) groups is 2. The van der Waals surface area contributed by atoms with Gasteiger partial charge in [-0.3, -0.25) is 9.69 Å². The van der Waals surface area contributed by atoms with Crippen LogP contribution in [0.1, 0.15) is 44.1 Å². The minimum atomic E-state index is -0.349. The molecule has 0 bridgehead atoms. The van der Waals surface area contributed by atoms with Crippen LogP contribution < -0.4 is 4.90 Å². The normalized spacial score (nSPS) is 21.1. The molecule has 3 heterocycles. The molecule has 0 saturated carbocycles. The van der Waals surface area contributed by atoms with Crippen molar-refractivity contribution in [2.24, 2.45) is 5.92 Å². The zero-order chi connectivity index (χ0) is 19.6. The summed E-state index contributed by atoms with van der Waals surface area (Å²) < 4.78 is 10.2. The predicted molar refractivity (Wildman–Crippen MR) is 99.7 cm³/mol. The zero-order valence-corrected chi connectivity index (χ0v) is 16.5. The lowest BCUT2D eigenvalue weighted by Gasteiger charge is -2.31. The lowest BCUT2D eigenvalue weighted by Crippen LogP contribution is -2.40. The van der Waals surface area contributed by atoms with Gasteiger partial charge >= 0.3 is 6.09 Å². The van der Waals surface area contributed by atoms with Crippen LogP contribution in [0, 0.1) is 12.8 Å². The summed E-state index contributed by atoms with van der Waals surface area (Å²) >= 11 is 0. The molecule has 0 aliphatic carbocycles. The Balaban J connectivity index is 1.77. The molecule has 3 rings (SSSR count). The van der Waals surface area contributed by atoms with Gasteiger partial charge in [0, 0.05) is 37.9 Å². The van der Waals surface area contributed by atoms with Crippen LogP contribution in [-0.4, -0.2) is 66.3 Å². The highest BCUT2D eigenvalue weighted by molar-refractivity contribution is 5.89. The van der Waals surface area contributed by atoms with Crippen LogP contribution in [0.3, 0.4) is 0 Å². The van der Waals surface area contributed by atoms with Crippen LogP contribution in [0.15, 0.2) is 6.07 Å². The van der Waals surface area contributed by atoms with Crippen LogP contribution in [0.5, 0.6) is 0 Å². The van der Waals surface area contributed by atoms with Crippen LogP contribution in [0.25, 0.3) is 0 Å². The number of ether oxygens (including phenoxy) is 2. The molecule has 0 unspecified atom stereocenters. The molecule has 148 valence electrons. The summed E-state index contributed by atoms with van der Waals surface area (Å²) in [5, 5.41) is 0. The number of aromatic nitrogens is 2. The molecular formula is C19H28N4O4. The third kappa shape index (κ3) is 4.21. The van der Waals surface area contributed by atoms with Crippen molar-refractivity contribution in [2.45, 2.75) is 45.6 Å². The number of piperidine rings is 1. The van der Waals surface area contributed by atoms with Gasteiger partial charge in [0.05, 0.1) is 6.04 Å². The second kappa shape index (κ2) is 8.21. The first kappa shape index (κ1) is 19.5. The van der Waals surface area contributed by atoms with E-state index >= 15 is 0 Å². The molecule has 1 atom stereocenters. The Morgan fingerprint density at radius 1 is 1.33 bits per heavy atom. The lowest BCUT2D eigenvalue weighted by atomic mass is 9.95. The summed E-state index contributed by atoms with van der Waals surface area (Å²) in [4.78, 5) is 37.0. The van der Waals surface area contributed by atoms with E-state index in [1.54, 1.807) is 4.90 Å². The number of cyclic esters (lactones) is 1. The number of hydrogen-bond acceptors (Lipinski definition) is 6. The van der Waals surface area contributed by atoms with E-state index in [2.05, 4.69) is 18.8 Å². The van der Waals surface area contributed by atoms with Gasteiger partial charge in [0.1, 0.15) is 24.9 Å². The first-order chi connectivity index (χ1) is 12.9. The van der Waals surface area contributed by atoms with Crippen molar-refractivity contribution in [3.8, 4) is 0 Å². The maximum absolute atomic E-state index is 12.3. The van der Waals surface area contributed by atoms with Gasteiger partial charge in [-0.15, -0.1) is 0 Å². The number of hydrogen-bond donors (Lipinski definition) is 0. The number of amides is 2. The van der Waals surface area contributed by atoms with E-state index in [0.29, 0.717) is 25.5 Å². The lowest BCUT2D eigenvalue weighted by molar-refractivity contribution is -0.136. The Kier molecular flexibility index (Phi) is 5.94. The summed E-state index contributed by atoms with van der Waals surface area (Å²) in [5.74, 6) is 1.81. The van der Waals surface area contributed by atoms with E-state index in [0.717, 1.165) is 24.4 Å². The van der Waals surface area contributed by atoms with E-state index in [9.17, 15) is 9.59 Å². The van der Waals surface area contributed by atoms with Gasteiger partial charge in [0.15, 0.2) is 0 Å². The summed E-state index contributed by atoms with van der Waals surface area (Å²) in [6, 6.07) is 1.82. The van der Waals surface area contributed by atoms with Crippen LogP contribution in [0.4, 0.5) is 10.6 Å². The Morgan fingerprint density at radius 2 is 2.04 bits per heavy atom. The van der Waals surface area contributed by atoms with E-state index in [1.807, 2.05) is 17.9 Å². The summed E-state index contributed by atoms with van der Waals surface area (Å²) in [5.41, 5.74) is 0.829. The van der Waals surface area contributed by atoms with Gasteiger partial charge in [-0.1, -0.05) is 13.8 Å².